The summed E-state index contributed by atoms with van der Waals surface area (Å²) >= 11 is 0. The van der Waals surface area contributed by atoms with Gasteiger partial charge in [0.2, 0.25) is 0 Å². The zero-order chi connectivity index (χ0) is 18.6. The van der Waals surface area contributed by atoms with E-state index in [-0.39, 0.29) is 23.3 Å². The molecule has 0 aliphatic heterocycles. The summed E-state index contributed by atoms with van der Waals surface area (Å²) in [5.41, 5.74) is 2.23. The number of benzene rings is 2. The number of hydrogen-bond donors (Lipinski definition) is 2. The van der Waals surface area contributed by atoms with Gasteiger partial charge in [0.05, 0.1) is 11.3 Å². The first kappa shape index (κ1) is 18.5. The Morgan fingerprint density at radius 1 is 1.12 bits per heavy atom. The molecule has 25 heavy (non-hydrogen) atoms. The van der Waals surface area contributed by atoms with Gasteiger partial charge in [0.25, 0.3) is 5.91 Å². The maximum absolute atomic E-state index is 12.2. The molecule has 2 aromatic carbocycles. The molecule has 0 saturated carbocycles. The van der Waals surface area contributed by atoms with Crippen LogP contribution in [0.5, 0.6) is 5.75 Å². The molecule has 0 atom stereocenters. The Morgan fingerprint density at radius 2 is 1.80 bits per heavy atom. The molecule has 0 aromatic heterocycles. The zero-order valence-corrected chi connectivity index (χ0v) is 14.9. The van der Waals surface area contributed by atoms with Crippen LogP contribution < -0.4 is 10.1 Å². The summed E-state index contributed by atoms with van der Waals surface area (Å²) < 4.78 is 5.72. The van der Waals surface area contributed by atoms with E-state index in [0.29, 0.717) is 5.75 Å². The highest BCUT2D eigenvalue weighted by Gasteiger charge is 2.20. The Morgan fingerprint density at radius 3 is 2.44 bits per heavy atom. The molecule has 0 saturated heterocycles. The fourth-order valence-electron chi connectivity index (χ4n) is 2.48. The van der Waals surface area contributed by atoms with Crippen LogP contribution in [-0.2, 0) is 10.2 Å². The topological polar surface area (TPSA) is 75.6 Å². The van der Waals surface area contributed by atoms with E-state index < -0.39 is 11.9 Å². The lowest BCUT2D eigenvalue weighted by molar-refractivity contribution is -0.118. The largest absolute Gasteiger partial charge is 0.483 e. The van der Waals surface area contributed by atoms with E-state index in [4.69, 9.17) is 9.84 Å². The number of carboxylic acid groups (broad SMARTS) is 1. The Balaban J connectivity index is 2.11. The second-order valence-electron chi connectivity index (χ2n) is 6.94. The van der Waals surface area contributed by atoms with Crippen LogP contribution in [0.2, 0.25) is 0 Å². The van der Waals surface area contributed by atoms with Crippen molar-refractivity contribution in [2.24, 2.45) is 0 Å². The zero-order valence-electron chi connectivity index (χ0n) is 14.9. The fourth-order valence-corrected chi connectivity index (χ4v) is 2.48. The number of carbonyl (C=O) groups excluding carboxylic acids is 1. The van der Waals surface area contributed by atoms with Crippen molar-refractivity contribution in [1.29, 1.82) is 0 Å². The van der Waals surface area contributed by atoms with E-state index >= 15 is 0 Å². The summed E-state index contributed by atoms with van der Waals surface area (Å²) in [5.74, 6) is -0.838. The van der Waals surface area contributed by atoms with E-state index in [1.165, 1.54) is 6.07 Å². The Bertz CT molecular complexity index is 791. The van der Waals surface area contributed by atoms with Crippen molar-refractivity contribution in [3.8, 4) is 5.75 Å². The highest BCUT2D eigenvalue weighted by Crippen LogP contribution is 2.32. The SMILES string of the molecule is Cc1ccc(C(C)(C)C)c(OCC(=O)Nc2ccccc2C(=O)O)c1. The van der Waals surface area contributed by atoms with Crippen LogP contribution in [0.15, 0.2) is 42.5 Å². The molecule has 0 aliphatic carbocycles. The highest BCUT2D eigenvalue weighted by atomic mass is 16.5. The Hall–Kier alpha value is -2.82. The van der Waals surface area contributed by atoms with Gasteiger partial charge >= 0.3 is 5.97 Å². The molecule has 2 rings (SSSR count). The van der Waals surface area contributed by atoms with Gasteiger partial charge < -0.3 is 15.2 Å². The minimum absolute atomic E-state index is 0.0433. The first-order valence-electron chi connectivity index (χ1n) is 8.04. The van der Waals surface area contributed by atoms with Crippen molar-refractivity contribution in [2.45, 2.75) is 33.1 Å². The molecule has 0 spiro atoms. The van der Waals surface area contributed by atoms with Gasteiger partial charge in [0.15, 0.2) is 6.61 Å². The van der Waals surface area contributed by atoms with E-state index in [2.05, 4.69) is 26.1 Å². The van der Waals surface area contributed by atoms with Gasteiger partial charge in [-0.05, 0) is 41.7 Å². The van der Waals surface area contributed by atoms with Gasteiger partial charge in [-0.3, -0.25) is 4.79 Å². The minimum atomic E-state index is -1.09. The first-order chi connectivity index (χ1) is 11.7. The maximum atomic E-state index is 12.2. The summed E-state index contributed by atoms with van der Waals surface area (Å²) in [5, 5.41) is 11.8. The average molecular weight is 341 g/mol. The van der Waals surface area contributed by atoms with Crippen molar-refractivity contribution in [2.75, 3.05) is 11.9 Å². The molecule has 2 N–H and O–H groups in total. The van der Waals surface area contributed by atoms with Gasteiger partial charge in [0, 0.05) is 0 Å². The van der Waals surface area contributed by atoms with Gasteiger partial charge in [-0.15, -0.1) is 0 Å². The number of amides is 1. The normalized spacial score (nSPS) is 11.0. The number of ether oxygens (including phenoxy) is 1. The summed E-state index contributed by atoms with van der Waals surface area (Å²) in [6.45, 7) is 8.00. The van der Waals surface area contributed by atoms with Crippen LogP contribution in [0, 0.1) is 6.92 Å². The third-order valence-corrected chi connectivity index (χ3v) is 3.74. The smallest absolute Gasteiger partial charge is 0.337 e. The number of rotatable bonds is 5. The van der Waals surface area contributed by atoms with Gasteiger partial charge in [-0.1, -0.05) is 45.0 Å². The molecule has 0 aliphatic rings. The third kappa shape index (κ3) is 4.83. The van der Waals surface area contributed by atoms with E-state index in [1.54, 1.807) is 18.2 Å². The minimum Gasteiger partial charge on any atom is -0.483 e. The number of hydrogen-bond acceptors (Lipinski definition) is 3. The predicted octanol–water partition coefficient (Wildman–Crippen LogP) is 4.01. The molecule has 5 nitrogen and oxygen atoms in total. The van der Waals surface area contributed by atoms with Crippen molar-refractivity contribution in [3.63, 3.8) is 0 Å². The molecule has 2 aromatic rings. The number of aryl methyl sites for hydroxylation is 1. The molecule has 0 radical (unpaired) electrons. The average Bonchev–Trinajstić information content (AvgIpc) is 2.52. The van der Waals surface area contributed by atoms with Crippen molar-refractivity contribution >= 4 is 17.6 Å². The van der Waals surface area contributed by atoms with Crippen molar-refractivity contribution in [3.05, 3.63) is 59.2 Å². The van der Waals surface area contributed by atoms with Crippen LogP contribution in [0.1, 0.15) is 42.3 Å². The van der Waals surface area contributed by atoms with Crippen LogP contribution in [0.3, 0.4) is 0 Å². The van der Waals surface area contributed by atoms with Crippen molar-refractivity contribution in [1.82, 2.24) is 0 Å². The second-order valence-corrected chi connectivity index (χ2v) is 6.94. The Labute approximate surface area is 147 Å². The quantitative estimate of drug-likeness (QED) is 0.861. The molecule has 5 heteroatoms. The monoisotopic (exact) mass is 341 g/mol. The molecule has 132 valence electrons. The van der Waals surface area contributed by atoms with Crippen LogP contribution in [0.25, 0.3) is 0 Å². The van der Waals surface area contributed by atoms with Crippen molar-refractivity contribution < 1.29 is 19.4 Å². The maximum Gasteiger partial charge on any atom is 0.337 e. The Kier molecular flexibility index (Phi) is 5.47. The molecule has 1 amide bonds. The van der Waals surface area contributed by atoms with E-state index in [0.717, 1.165) is 11.1 Å². The standard InChI is InChI=1S/C20H23NO4/c1-13-9-10-15(20(2,3)4)17(11-13)25-12-18(22)21-16-8-6-5-7-14(16)19(23)24/h5-11H,12H2,1-4H3,(H,21,22)(H,23,24). The van der Waals surface area contributed by atoms with Gasteiger partial charge in [-0.2, -0.15) is 0 Å². The summed E-state index contributed by atoms with van der Waals surface area (Å²) in [6, 6.07) is 12.2. The number of carboxylic acids is 1. The fraction of sp³-hybridized carbons (Fsp3) is 0.300. The van der Waals surface area contributed by atoms with E-state index in [9.17, 15) is 9.59 Å². The molecule has 0 heterocycles. The van der Waals surface area contributed by atoms with Gasteiger partial charge in [0.1, 0.15) is 5.75 Å². The van der Waals surface area contributed by atoms with Gasteiger partial charge in [-0.25, -0.2) is 4.79 Å². The molecule has 0 fully saturated rings. The lowest BCUT2D eigenvalue weighted by atomic mass is 9.86. The highest BCUT2D eigenvalue weighted by molar-refractivity contribution is 6.00. The number of anilines is 1. The summed E-state index contributed by atoms with van der Waals surface area (Å²) in [6.07, 6.45) is 0. The van der Waals surface area contributed by atoms with Crippen LogP contribution >= 0.6 is 0 Å². The predicted molar refractivity (Wildman–Crippen MR) is 97.4 cm³/mol. The molecular weight excluding hydrogens is 318 g/mol. The van der Waals surface area contributed by atoms with Crippen LogP contribution in [0.4, 0.5) is 5.69 Å². The lowest BCUT2D eigenvalue weighted by Crippen LogP contribution is -2.23. The van der Waals surface area contributed by atoms with Crippen LogP contribution in [-0.4, -0.2) is 23.6 Å². The number of nitrogens with one attached hydrogen (secondary N) is 1. The third-order valence-electron chi connectivity index (χ3n) is 3.74. The molecule has 0 bridgehead atoms. The van der Waals surface area contributed by atoms with E-state index in [1.807, 2.05) is 25.1 Å². The molecular formula is C20H23NO4. The summed E-state index contributed by atoms with van der Waals surface area (Å²) in [7, 11) is 0. The number of aromatic carboxylic acids is 1. The lowest BCUT2D eigenvalue weighted by Gasteiger charge is -2.23. The second kappa shape index (κ2) is 7.38. The first-order valence-corrected chi connectivity index (χ1v) is 8.04. The molecule has 0 unspecified atom stereocenters. The number of para-hydroxylation sites is 1. The number of carbonyl (C=O) groups is 2. The summed E-state index contributed by atoms with van der Waals surface area (Å²) in [4.78, 5) is 23.4.